The summed E-state index contributed by atoms with van der Waals surface area (Å²) in [6, 6.07) is 13.5. The van der Waals surface area contributed by atoms with Gasteiger partial charge in [-0.3, -0.25) is 4.79 Å². The first kappa shape index (κ1) is 19.2. The van der Waals surface area contributed by atoms with Crippen LogP contribution in [0.1, 0.15) is 27.2 Å². The van der Waals surface area contributed by atoms with E-state index in [0.29, 0.717) is 11.3 Å². The van der Waals surface area contributed by atoms with Gasteiger partial charge in [-0.05, 0) is 17.7 Å². The Kier molecular flexibility index (Phi) is 5.21. The molecule has 0 aliphatic rings. The van der Waals surface area contributed by atoms with Crippen LogP contribution in [0.25, 0.3) is 23.0 Å². The lowest BCUT2D eigenvalue weighted by Crippen LogP contribution is -2.19. The van der Waals surface area contributed by atoms with Crippen LogP contribution in [0.15, 0.2) is 59.1 Å². The Hall–Kier alpha value is -3.55. The second-order valence-corrected chi connectivity index (χ2v) is 5.89. The first-order valence-corrected chi connectivity index (χ1v) is 8.23. The normalized spacial score (nSPS) is 12.1. The zero-order chi connectivity index (χ0) is 20.3. The zero-order valence-corrected chi connectivity index (χ0v) is 14.7. The molecule has 0 aliphatic carbocycles. The number of hydrogen-bond donors (Lipinski definition) is 2. The Labute approximate surface area is 158 Å². The van der Waals surface area contributed by atoms with Crippen LogP contribution in [0.4, 0.5) is 13.2 Å². The number of aromatic nitrogens is 1. The summed E-state index contributed by atoms with van der Waals surface area (Å²) < 4.78 is 44.3. The van der Waals surface area contributed by atoms with Gasteiger partial charge in [0, 0.05) is 24.4 Å². The van der Waals surface area contributed by atoms with Crippen molar-refractivity contribution in [2.24, 2.45) is 5.73 Å². The molecule has 3 N–H and O–H groups in total. The Morgan fingerprint density at radius 2 is 1.86 bits per heavy atom. The molecule has 3 aromatic rings. The van der Waals surface area contributed by atoms with Crippen LogP contribution >= 0.6 is 0 Å². The van der Waals surface area contributed by atoms with Crippen molar-refractivity contribution >= 4 is 17.7 Å². The van der Waals surface area contributed by atoms with E-state index in [-0.39, 0.29) is 22.6 Å². The molecule has 3 rings (SSSR count). The zero-order valence-electron chi connectivity index (χ0n) is 14.7. The van der Waals surface area contributed by atoms with Crippen molar-refractivity contribution in [3.05, 3.63) is 77.0 Å². The van der Waals surface area contributed by atoms with Crippen molar-refractivity contribution in [3.63, 3.8) is 0 Å². The van der Waals surface area contributed by atoms with Crippen molar-refractivity contribution < 1.29 is 22.5 Å². The van der Waals surface area contributed by atoms with Gasteiger partial charge in [-0.15, -0.1) is 0 Å². The number of carbonyl (C=O) groups is 1. The molecule has 28 heavy (non-hydrogen) atoms. The van der Waals surface area contributed by atoms with Gasteiger partial charge in [0.15, 0.2) is 5.76 Å². The van der Waals surface area contributed by atoms with Gasteiger partial charge in [0.25, 0.3) is 5.91 Å². The summed E-state index contributed by atoms with van der Waals surface area (Å²) in [6.07, 6.45) is -3.10. The molecule has 0 radical (unpaired) electrons. The number of nitrogens with one attached hydrogen (secondary N) is 1. The van der Waals surface area contributed by atoms with Gasteiger partial charge in [-0.1, -0.05) is 47.6 Å². The molecule has 8 heteroatoms. The third-order valence-corrected chi connectivity index (χ3v) is 4.03. The highest BCUT2D eigenvalue weighted by atomic mass is 19.4. The lowest BCUT2D eigenvalue weighted by molar-refractivity contribution is -0.137. The Morgan fingerprint density at radius 3 is 2.50 bits per heavy atom. The van der Waals surface area contributed by atoms with Gasteiger partial charge in [0.2, 0.25) is 0 Å². The van der Waals surface area contributed by atoms with E-state index in [1.54, 1.807) is 24.3 Å². The van der Waals surface area contributed by atoms with E-state index < -0.39 is 17.6 Å². The molecule has 0 fully saturated rings. The Bertz CT molecular complexity index is 1020. The summed E-state index contributed by atoms with van der Waals surface area (Å²) >= 11 is 0. The van der Waals surface area contributed by atoms with Gasteiger partial charge in [0.05, 0.1) is 5.56 Å². The number of amides is 1. The van der Waals surface area contributed by atoms with E-state index in [9.17, 15) is 18.0 Å². The fourth-order valence-electron chi connectivity index (χ4n) is 2.64. The number of nitrogens with zero attached hydrogens (tertiary/aromatic N) is 1. The van der Waals surface area contributed by atoms with Gasteiger partial charge in [0.1, 0.15) is 11.3 Å². The highest BCUT2D eigenvalue weighted by Gasteiger charge is 2.31. The molecule has 0 spiro atoms. The van der Waals surface area contributed by atoms with Gasteiger partial charge < -0.3 is 15.6 Å². The third-order valence-electron chi connectivity index (χ3n) is 4.03. The Balaban J connectivity index is 2.11. The predicted octanol–water partition coefficient (Wildman–Crippen LogP) is 4.18. The number of rotatable bonds is 4. The Morgan fingerprint density at radius 1 is 1.14 bits per heavy atom. The van der Waals surface area contributed by atoms with Gasteiger partial charge in [-0.2, -0.15) is 13.2 Å². The molecule has 0 saturated heterocycles. The van der Waals surface area contributed by atoms with E-state index in [1.165, 1.54) is 25.3 Å². The predicted molar refractivity (Wildman–Crippen MR) is 98.8 cm³/mol. The van der Waals surface area contributed by atoms with Crippen LogP contribution in [0.3, 0.4) is 0 Å². The number of benzene rings is 2. The summed E-state index contributed by atoms with van der Waals surface area (Å²) in [5, 5.41) is 6.27. The molecule has 2 aromatic carbocycles. The van der Waals surface area contributed by atoms with Crippen LogP contribution in [-0.2, 0) is 6.18 Å². The topological polar surface area (TPSA) is 81.2 Å². The molecule has 0 bridgehead atoms. The standard InChI is InChI=1S/C20H16F3N3O2/c1-25-19(27)17-16(11-15(24)12-6-3-2-4-7-12)28-26-18(17)13-8-5-9-14(10-13)20(21,22)23/h2-11H,24H2,1H3,(H,25,27). The number of alkyl halides is 3. The largest absolute Gasteiger partial charge is 0.416 e. The highest BCUT2D eigenvalue weighted by Crippen LogP contribution is 2.34. The molecular formula is C20H16F3N3O2. The maximum atomic E-state index is 13.0. The molecule has 1 amide bonds. The summed E-state index contributed by atoms with van der Waals surface area (Å²) in [5.74, 6) is -0.506. The lowest BCUT2D eigenvalue weighted by Gasteiger charge is -2.08. The van der Waals surface area contributed by atoms with E-state index in [4.69, 9.17) is 10.3 Å². The van der Waals surface area contributed by atoms with Crippen LogP contribution in [0.5, 0.6) is 0 Å². The minimum Gasteiger partial charge on any atom is -0.398 e. The SMILES string of the molecule is CNC(=O)c1c(-c2cccc(C(F)(F)F)c2)noc1C=C(N)c1ccccc1. The van der Waals surface area contributed by atoms with E-state index in [1.807, 2.05) is 6.07 Å². The van der Waals surface area contributed by atoms with E-state index in [0.717, 1.165) is 12.1 Å². The summed E-state index contributed by atoms with van der Waals surface area (Å²) in [7, 11) is 1.40. The van der Waals surface area contributed by atoms with Crippen molar-refractivity contribution in [3.8, 4) is 11.3 Å². The van der Waals surface area contributed by atoms with Gasteiger partial charge >= 0.3 is 6.18 Å². The molecule has 5 nitrogen and oxygen atoms in total. The van der Waals surface area contributed by atoms with Crippen LogP contribution in [0, 0.1) is 0 Å². The smallest absolute Gasteiger partial charge is 0.398 e. The molecule has 1 aromatic heterocycles. The van der Waals surface area contributed by atoms with Crippen molar-refractivity contribution in [2.45, 2.75) is 6.18 Å². The fraction of sp³-hybridized carbons (Fsp3) is 0.100. The lowest BCUT2D eigenvalue weighted by atomic mass is 10.0. The maximum Gasteiger partial charge on any atom is 0.416 e. The highest BCUT2D eigenvalue weighted by molar-refractivity contribution is 6.03. The van der Waals surface area contributed by atoms with E-state index >= 15 is 0 Å². The van der Waals surface area contributed by atoms with Gasteiger partial charge in [-0.25, -0.2) is 0 Å². The second-order valence-electron chi connectivity index (χ2n) is 5.89. The molecule has 0 saturated carbocycles. The summed E-state index contributed by atoms with van der Waals surface area (Å²) in [4.78, 5) is 12.4. The fourth-order valence-corrected chi connectivity index (χ4v) is 2.64. The van der Waals surface area contributed by atoms with Crippen LogP contribution < -0.4 is 11.1 Å². The summed E-state index contributed by atoms with van der Waals surface area (Å²) in [6.45, 7) is 0. The quantitative estimate of drug-likeness (QED) is 0.704. The molecule has 1 heterocycles. The molecule has 0 aliphatic heterocycles. The van der Waals surface area contributed by atoms with Crippen molar-refractivity contribution in [2.75, 3.05) is 7.05 Å². The average Bonchev–Trinajstić information content (AvgIpc) is 3.11. The third kappa shape index (κ3) is 3.90. The monoisotopic (exact) mass is 387 g/mol. The van der Waals surface area contributed by atoms with Crippen molar-refractivity contribution in [1.29, 1.82) is 0 Å². The number of halogens is 3. The molecule has 0 unspecified atom stereocenters. The van der Waals surface area contributed by atoms with Crippen LogP contribution in [0.2, 0.25) is 0 Å². The number of hydrogen-bond acceptors (Lipinski definition) is 4. The summed E-state index contributed by atoms with van der Waals surface area (Å²) in [5.41, 5.74) is 6.33. The molecule has 144 valence electrons. The molecule has 0 atom stereocenters. The molecular weight excluding hydrogens is 371 g/mol. The van der Waals surface area contributed by atoms with Crippen LogP contribution in [-0.4, -0.2) is 18.1 Å². The first-order valence-electron chi connectivity index (χ1n) is 8.23. The number of carbonyl (C=O) groups excluding carboxylic acids is 1. The average molecular weight is 387 g/mol. The second kappa shape index (κ2) is 7.59. The number of nitrogens with two attached hydrogens (primary N) is 1. The van der Waals surface area contributed by atoms with Crippen molar-refractivity contribution in [1.82, 2.24) is 10.5 Å². The minimum absolute atomic E-state index is 0.000653. The maximum absolute atomic E-state index is 13.0. The van der Waals surface area contributed by atoms with E-state index in [2.05, 4.69) is 10.5 Å². The first-order chi connectivity index (χ1) is 13.3. The minimum atomic E-state index is -4.52.